The Kier molecular flexibility index (Phi) is 20.0. The molecule has 0 saturated carbocycles. The van der Waals surface area contributed by atoms with Crippen molar-refractivity contribution in [3.8, 4) is 0 Å². The van der Waals surface area contributed by atoms with Gasteiger partial charge >= 0.3 is 0 Å². The summed E-state index contributed by atoms with van der Waals surface area (Å²) in [5.74, 6) is 0. The van der Waals surface area contributed by atoms with Crippen LogP contribution in [-0.2, 0) is 0 Å². The minimum Gasteiger partial charge on any atom is -0.636 e. The molecule has 0 amide bonds. The van der Waals surface area contributed by atoms with E-state index in [1.54, 1.807) is 0 Å². The van der Waals surface area contributed by atoms with Gasteiger partial charge in [-0.3, -0.25) is 0 Å². The normalized spacial score (nSPS) is 19.8. The number of quaternary nitrogens is 1. The SMILES string of the molecule is C.C.CC.[O-][NH2+]C[C@@H]1CCCN1. The first-order valence-electron chi connectivity index (χ1n) is 4.10. The molecule has 78 valence electrons. The number of hydrogen-bond acceptors (Lipinski definition) is 2. The minimum absolute atomic E-state index is 0. The Morgan fingerprint density at radius 1 is 1.42 bits per heavy atom. The molecule has 1 heterocycles. The fraction of sp³-hybridized carbons (Fsp3) is 1.00. The van der Waals surface area contributed by atoms with Gasteiger partial charge in [0.2, 0.25) is 0 Å². The van der Waals surface area contributed by atoms with Gasteiger partial charge in [0.05, 0.1) is 12.6 Å². The van der Waals surface area contributed by atoms with Crippen LogP contribution in [0.4, 0.5) is 0 Å². The fourth-order valence-electron chi connectivity index (χ4n) is 1.07. The van der Waals surface area contributed by atoms with E-state index >= 15 is 0 Å². The van der Waals surface area contributed by atoms with Crippen LogP contribution in [-0.4, -0.2) is 19.1 Å². The molecule has 3 heteroatoms. The van der Waals surface area contributed by atoms with Crippen molar-refractivity contribution in [2.24, 2.45) is 0 Å². The Labute approximate surface area is 77.5 Å². The maximum Gasteiger partial charge on any atom is 0.0908 e. The van der Waals surface area contributed by atoms with Crippen molar-refractivity contribution in [3.63, 3.8) is 0 Å². The molecule has 0 unspecified atom stereocenters. The van der Waals surface area contributed by atoms with Gasteiger partial charge in [-0.15, -0.1) is 0 Å². The van der Waals surface area contributed by atoms with E-state index in [2.05, 4.69) is 5.32 Å². The second kappa shape index (κ2) is 13.5. The van der Waals surface area contributed by atoms with Crippen molar-refractivity contribution < 1.29 is 5.48 Å². The number of nitrogens with two attached hydrogens (primary N) is 1. The molecule has 1 rings (SSSR count). The predicted molar refractivity (Wildman–Crippen MR) is 56.0 cm³/mol. The first-order chi connectivity index (χ1) is 4.93. The van der Waals surface area contributed by atoms with Crippen LogP contribution in [0.25, 0.3) is 0 Å². The summed E-state index contributed by atoms with van der Waals surface area (Å²) < 4.78 is 0. The van der Waals surface area contributed by atoms with E-state index in [-0.39, 0.29) is 14.9 Å². The molecule has 1 saturated heterocycles. The minimum atomic E-state index is 0. The second-order valence-electron chi connectivity index (χ2n) is 2.20. The number of rotatable bonds is 2. The van der Waals surface area contributed by atoms with E-state index in [4.69, 9.17) is 0 Å². The predicted octanol–water partition coefficient (Wildman–Crippen LogP) is 1.10. The molecule has 3 N–H and O–H groups in total. The third-order valence-corrected chi connectivity index (χ3v) is 1.54. The van der Waals surface area contributed by atoms with Gasteiger partial charge < -0.3 is 16.0 Å². The second-order valence-corrected chi connectivity index (χ2v) is 2.20. The standard InChI is InChI=1S/C5H12N2O.C2H6.2CH4/c8-7-4-5-2-1-3-6-5;1-2;;/h5-6H,1-4,7H2;1-2H3;2*1H4/t5-;;;/m0.../s1. The Morgan fingerprint density at radius 2 is 2.00 bits per heavy atom. The highest BCUT2D eigenvalue weighted by Crippen LogP contribution is 2.01. The molecule has 1 aliphatic heterocycles. The van der Waals surface area contributed by atoms with E-state index in [0.29, 0.717) is 12.6 Å². The monoisotopic (exact) mass is 178 g/mol. The maximum atomic E-state index is 9.92. The topological polar surface area (TPSA) is 51.7 Å². The summed E-state index contributed by atoms with van der Waals surface area (Å²) in [5.41, 5.74) is 0.989. The highest BCUT2D eigenvalue weighted by Gasteiger charge is 2.12. The van der Waals surface area contributed by atoms with Crippen molar-refractivity contribution in [1.82, 2.24) is 5.32 Å². The zero-order chi connectivity index (χ0) is 7.82. The Morgan fingerprint density at radius 3 is 2.33 bits per heavy atom. The molecule has 1 aliphatic rings. The Bertz CT molecular complexity index is 63.5. The molecule has 0 aliphatic carbocycles. The molecule has 3 nitrogen and oxygen atoms in total. The van der Waals surface area contributed by atoms with Gasteiger partial charge in [-0.05, 0) is 19.4 Å². The summed E-state index contributed by atoms with van der Waals surface area (Å²) in [6, 6.07) is 0.493. The molecule has 1 atom stereocenters. The van der Waals surface area contributed by atoms with Crippen LogP contribution in [0.2, 0.25) is 0 Å². The van der Waals surface area contributed by atoms with E-state index in [9.17, 15) is 5.21 Å². The first-order valence-corrected chi connectivity index (χ1v) is 4.10. The van der Waals surface area contributed by atoms with Gasteiger partial charge in [-0.2, -0.15) is 0 Å². The molecule has 0 bridgehead atoms. The first kappa shape index (κ1) is 17.8. The molecular formula is C9H26N2O. The van der Waals surface area contributed by atoms with Crippen LogP contribution in [0.5, 0.6) is 0 Å². The lowest BCUT2D eigenvalue weighted by molar-refractivity contribution is -0.591. The Balaban J connectivity index is -0.000000189. The van der Waals surface area contributed by atoms with Gasteiger partial charge in [0.1, 0.15) is 0 Å². The highest BCUT2D eigenvalue weighted by molar-refractivity contribution is 4.71. The summed E-state index contributed by atoms with van der Waals surface area (Å²) in [6.07, 6.45) is 2.41. The van der Waals surface area contributed by atoms with Gasteiger partial charge in [0.25, 0.3) is 0 Å². The molecular weight excluding hydrogens is 152 g/mol. The highest BCUT2D eigenvalue weighted by atomic mass is 16.5. The smallest absolute Gasteiger partial charge is 0.0908 e. The lowest BCUT2D eigenvalue weighted by Gasteiger charge is -2.08. The van der Waals surface area contributed by atoms with Crippen LogP contribution in [0.3, 0.4) is 0 Å². The lowest BCUT2D eigenvalue weighted by atomic mass is 10.2. The van der Waals surface area contributed by atoms with E-state index in [1.165, 1.54) is 12.8 Å². The van der Waals surface area contributed by atoms with Crippen molar-refractivity contribution >= 4 is 0 Å². The van der Waals surface area contributed by atoms with Gasteiger partial charge in [0.15, 0.2) is 0 Å². The fourth-order valence-corrected chi connectivity index (χ4v) is 1.07. The van der Waals surface area contributed by atoms with Crippen LogP contribution in [0.15, 0.2) is 0 Å². The van der Waals surface area contributed by atoms with E-state index < -0.39 is 0 Å². The molecule has 1 fully saturated rings. The zero-order valence-electron chi connectivity index (χ0n) is 6.89. The molecule has 0 radical (unpaired) electrons. The number of nitrogens with one attached hydrogen (secondary N) is 1. The average molecular weight is 178 g/mol. The van der Waals surface area contributed by atoms with Gasteiger partial charge in [0, 0.05) is 0 Å². The van der Waals surface area contributed by atoms with Crippen LogP contribution in [0.1, 0.15) is 41.5 Å². The van der Waals surface area contributed by atoms with Crippen molar-refractivity contribution in [2.45, 2.75) is 47.6 Å². The molecule has 12 heavy (non-hydrogen) atoms. The number of hydroxylamine groups is 1. The average Bonchev–Trinajstić information content (AvgIpc) is 2.46. The van der Waals surface area contributed by atoms with Crippen LogP contribution < -0.4 is 10.8 Å². The largest absolute Gasteiger partial charge is 0.636 e. The summed E-state index contributed by atoms with van der Waals surface area (Å²) in [6.45, 7) is 5.79. The van der Waals surface area contributed by atoms with Gasteiger partial charge in [-0.1, -0.05) is 28.7 Å². The van der Waals surface area contributed by atoms with Crippen LogP contribution in [0, 0.1) is 5.21 Å². The summed E-state index contributed by atoms with van der Waals surface area (Å²) in [7, 11) is 0. The molecule has 0 aromatic rings. The number of hydrogen-bond donors (Lipinski definition) is 2. The van der Waals surface area contributed by atoms with E-state index in [0.717, 1.165) is 12.0 Å². The summed E-state index contributed by atoms with van der Waals surface area (Å²) >= 11 is 0. The Hall–Kier alpha value is -0.120. The summed E-state index contributed by atoms with van der Waals surface area (Å²) in [5, 5.41) is 13.1. The van der Waals surface area contributed by atoms with Crippen molar-refractivity contribution in [3.05, 3.63) is 5.21 Å². The molecule has 0 aromatic heterocycles. The molecule has 0 aromatic carbocycles. The van der Waals surface area contributed by atoms with Crippen molar-refractivity contribution in [2.75, 3.05) is 13.1 Å². The van der Waals surface area contributed by atoms with Gasteiger partial charge in [-0.25, -0.2) is 0 Å². The quantitative estimate of drug-likeness (QED) is 0.622. The van der Waals surface area contributed by atoms with E-state index in [1.807, 2.05) is 13.8 Å². The maximum absolute atomic E-state index is 9.92. The summed E-state index contributed by atoms with van der Waals surface area (Å²) in [4.78, 5) is 0. The lowest BCUT2D eigenvalue weighted by Crippen LogP contribution is -2.80. The zero-order valence-corrected chi connectivity index (χ0v) is 6.89. The third kappa shape index (κ3) is 7.98. The van der Waals surface area contributed by atoms with Crippen molar-refractivity contribution in [1.29, 1.82) is 0 Å². The van der Waals surface area contributed by atoms with Crippen LogP contribution >= 0.6 is 0 Å². The molecule has 0 spiro atoms. The third-order valence-electron chi connectivity index (χ3n) is 1.54.